The highest BCUT2D eigenvalue weighted by Crippen LogP contribution is 2.12. The number of amides is 1. The molecule has 26 heavy (non-hydrogen) atoms. The molecule has 0 aliphatic heterocycles. The number of benzene rings is 2. The molecule has 0 saturated heterocycles. The van der Waals surface area contributed by atoms with Crippen molar-refractivity contribution < 1.29 is 9.18 Å². The summed E-state index contributed by atoms with van der Waals surface area (Å²) >= 11 is 5.96. The molecule has 0 saturated carbocycles. The maximum absolute atomic E-state index is 12.9. The first kappa shape index (κ1) is 17.8. The van der Waals surface area contributed by atoms with Gasteiger partial charge >= 0.3 is 0 Å². The number of anilines is 2. The van der Waals surface area contributed by atoms with Crippen LogP contribution in [0.4, 0.5) is 16.0 Å². The molecule has 1 aromatic heterocycles. The molecule has 0 unspecified atom stereocenters. The molecule has 0 bridgehead atoms. The molecule has 0 aliphatic carbocycles. The number of hydrogen-bond acceptors (Lipinski definition) is 4. The molecule has 2 N–H and O–H groups in total. The zero-order valence-electron chi connectivity index (χ0n) is 13.7. The van der Waals surface area contributed by atoms with E-state index in [0.29, 0.717) is 28.8 Å². The molecule has 7 heteroatoms. The van der Waals surface area contributed by atoms with E-state index in [1.807, 2.05) is 24.3 Å². The van der Waals surface area contributed by atoms with E-state index in [9.17, 15) is 9.18 Å². The van der Waals surface area contributed by atoms with E-state index in [0.717, 1.165) is 12.0 Å². The summed E-state index contributed by atoms with van der Waals surface area (Å²) < 4.78 is 12.9. The van der Waals surface area contributed by atoms with Crippen LogP contribution in [0.3, 0.4) is 0 Å². The van der Waals surface area contributed by atoms with Crippen molar-refractivity contribution in [3.8, 4) is 0 Å². The van der Waals surface area contributed by atoms with Gasteiger partial charge in [0.1, 0.15) is 11.6 Å². The zero-order valence-corrected chi connectivity index (χ0v) is 14.5. The molecular formula is C19H16ClFN4O. The van der Waals surface area contributed by atoms with E-state index >= 15 is 0 Å². The van der Waals surface area contributed by atoms with Crippen LogP contribution in [0.25, 0.3) is 0 Å². The third-order valence-corrected chi connectivity index (χ3v) is 3.86. The number of nitrogens with zero attached hydrogens (tertiary/aromatic N) is 2. The van der Waals surface area contributed by atoms with Crippen molar-refractivity contribution in [1.29, 1.82) is 0 Å². The largest absolute Gasteiger partial charge is 0.368 e. The van der Waals surface area contributed by atoms with Crippen LogP contribution in [0.2, 0.25) is 5.02 Å². The molecule has 0 radical (unpaired) electrons. The third-order valence-electron chi connectivity index (χ3n) is 3.62. The summed E-state index contributed by atoms with van der Waals surface area (Å²) in [6.45, 7) is 0.677. The summed E-state index contributed by atoms with van der Waals surface area (Å²) in [5.74, 6) is 0.155. The van der Waals surface area contributed by atoms with Gasteiger partial charge in [-0.25, -0.2) is 4.39 Å². The quantitative estimate of drug-likeness (QED) is 0.683. The van der Waals surface area contributed by atoms with Gasteiger partial charge in [0.2, 0.25) is 0 Å². The number of nitrogens with one attached hydrogen (secondary N) is 2. The first-order valence-electron chi connectivity index (χ1n) is 7.99. The molecule has 0 fully saturated rings. The lowest BCUT2D eigenvalue weighted by Crippen LogP contribution is -2.14. The van der Waals surface area contributed by atoms with Gasteiger partial charge in [0, 0.05) is 17.1 Å². The Bertz CT molecular complexity index is 885. The van der Waals surface area contributed by atoms with Crippen molar-refractivity contribution in [3.63, 3.8) is 0 Å². The second kappa shape index (κ2) is 8.40. The van der Waals surface area contributed by atoms with Gasteiger partial charge in [0.15, 0.2) is 5.82 Å². The Morgan fingerprint density at radius 3 is 2.42 bits per heavy atom. The summed E-state index contributed by atoms with van der Waals surface area (Å²) in [5, 5.41) is 14.5. The fourth-order valence-corrected chi connectivity index (χ4v) is 2.52. The van der Waals surface area contributed by atoms with E-state index in [1.54, 1.807) is 12.1 Å². The highest BCUT2D eigenvalue weighted by molar-refractivity contribution is 6.30. The van der Waals surface area contributed by atoms with Crippen LogP contribution >= 0.6 is 11.6 Å². The van der Waals surface area contributed by atoms with E-state index in [4.69, 9.17) is 11.6 Å². The Kier molecular flexibility index (Phi) is 5.76. The second-order valence-corrected chi connectivity index (χ2v) is 6.01. The molecular weight excluding hydrogens is 355 g/mol. The SMILES string of the molecule is O=C(Nc1ccc(NCCc2cccc(Cl)c2)nn1)c1ccc(F)cc1. The minimum atomic E-state index is -0.394. The van der Waals surface area contributed by atoms with E-state index < -0.39 is 5.82 Å². The maximum Gasteiger partial charge on any atom is 0.256 e. The number of carbonyl (C=O) groups is 1. The Labute approximate surface area is 155 Å². The van der Waals surface area contributed by atoms with Crippen LogP contribution in [0.1, 0.15) is 15.9 Å². The van der Waals surface area contributed by atoms with Gasteiger partial charge < -0.3 is 10.6 Å². The molecule has 3 rings (SSSR count). The summed E-state index contributed by atoms with van der Waals surface area (Å²) in [6.07, 6.45) is 0.797. The topological polar surface area (TPSA) is 66.9 Å². The summed E-state index contributed by atoms with van der Waals surface area (Å²) in [4.78, 5) is 12.0. The van der Waals surface area contributed by atoms with Crippen LogP contribution in [0, 0.1) is 5.82 Å². The first-order chi connectivity index (χ1) is 12.6. The van der Waals surface area contributed by atoms with Crippen LogP contribution in [-0.2, 0) is 6.42 Å². The highest BCUT2D eigenvalue weighted by atomic mass is 35.5. The fraction of sp³-hybridized carbons (Fsp3) is 0.105. The minimum absolute atomic E-state index is 0.319. The predicted molar refractivity (Wildman–Crippen MR) is 100 cm³/mol. The normalized spacial score (nSPS) is 10.4. The summed E-state index contributed by atoms with van der Waals surface area (Å²) in [7, 11) is 0. The van der Waals surface area contributed by atoms with Crippen LogP contribution in [-0.4, -0.2) is 22.6 Å². The molecule has 0 aliphatic rings. The first-order valence-corrected chi connectivity index (χ1v) is 8.37. The van der Waals surface area contributed by atoms with Gasteiger partial charge in [0.25, 0.3) is 5.91 Å². The lowest BCUT2D eigenvalue weighted by atomic mass is 10.1. The standard InChI is InChI=1S/C19H16ClFN4O/c20-15-3-1-2-13(12-15)10-11-22-17-8-9-18(25-24-17)23-19(26)14-4-6-16(21)7-5-14/h1-9,12H,10-11H2,(H,22,24)(H,23,25,26). The summed E-state index contributed by atoms with van der Waals surface area (Å²) in [6, 6.07) is 16.3. The van der Waals surface area contributed by atoms with Crippen molar-refractivity contribution in [1.82, 2.24) is 10.2 Å². The Morgan fingerprint density at radius 2 is 1.73 bits per heavy atom. The monoisotopic (exact) mass is 370 g/mol. The lowest BCUT2D eigenvalue weighted by molar-refractivity contribution is 0.102. The number of hydrogen-bond donors (Lipinski definition) is 2. The van der Waals surface area contributed by atoms with Crippen LogP contribution < -0.4 is 10.6 Å². The Balaban J connectivity index is 1.51. The average Bonchev–Trinajstić information content (AvgIpc) is 2.64. The molecule has 0 spiro atoms. The second-order valence-electron chi connectivity index (χ2n) is 5.57. The van der Waals surface area contributed by atoms with E-state index in [1.165, 1.54) is 24.3 Å². The number of carbonyl (C=O) groups excluding carboxylic acids is 1. The van der Waals surface area contributed by atoms with Crippen molar-refractivity contribution in [3.05, 3.63) is 82.6 Å². The zero-order chi connectivity index (χ0) is 18.4. The van der Waals surface area contributed by atoms with Crippen LogP contribution in [0.5, 0.6) is 0 Å². The molecule has 5 nitrogen and oxygen atoms in total. The molecule has 0 atom stereocenters. The van der Waals surface area contributed by atoms with E-state index in [2.05, 4.69) is 20.8 Å². The maximum atomic E-state index is 12.9. The van der Waals surface area contributed by atoms with Crippen molar-refractivity contribution in [2.45, 2.75) is 6.42 Å². The lowest BCUT2D eigenvalue weighted by Gasteiger charge is -2.07. The van der Waals surface area contributed by atoms with Gasteiger partial charge in [0.05, 0.1) is 0 Å². The molecule has 2 aromatic carbocycles. The predicted octanol–water partition coefficient (Wildman–Crippen LogP) is 4.18. The minimum Gasteiger partial charge on any atom is -0.368 e. The molecule has 1 amide bonds. The van der Waals surface area contributed by atoms with Gasteiger partial charge in [-0.1, -0.05) is 23.7 Å². The smallest absolute Gasteiger partial charge is 0.256 e. The van der Waals surface area contributed by atoms with Crippen molar-refractivity contribution >= 4 is 29.1 Å². The molecule has 132 valence electrons. The fourth-order valence-electron chi connectivity index (χ4n) is 2.31. The van der Waals surface area contributed by atoms with Gasteiger partial charge in [-0.05, 0) is 60.5 Å². The Hall–Kier alpha value is -2.99. The van der Waals surface area contributed by atoms with Gasteiger partial charge in [-0.2, -0.15) is 0 Å². The Morgan fingerprint density at radius 1 is 1.00 bits per heavy atom. The molecule has 1 heterocycles. The van der Waals surface area contributed by atoms with Crippen molar-refractivity contribution in [2.75, 3.05) is 17.2 Å². The molecule has 3 aromatic rings. The summed E-state index contributed by atoms with van der Waals surface area (Å²) in [5.41, 5.74) is 1.47. The van der Waals surface area contributed by atoms with Gasteiger partial charge in [-0.15, -0.1) is 10.2 Å². The van der Waals surface area contributed by atoms with Crippen molar-refractivity contribution in [2.24, 2.45) is 0 Å². The highest BCUT2D eigenvalue weighted by Gasteiger charge is 2.07. The number of rotatable bonds is 6. The van der Waals surface area contributed by atoms with Crippen LogP contribution in [0.15, 0.2) is 60.7 Å². The number of aromatic nitrogens is 2. The third kappa shape index (κ3) is 5.00. The number of halogens is 2. The average molecular weight is 371 g/mol. The van der Waals surface area contributed by atoms with E-state index in [-0.39, 0.29) is 5.91 Å². The van der Waals surface area contributed by atoms with Gasteiger partial charge in [-0.3, -0.25) is 4.79 Å².